The molecule has 0 saturated carbocycles. The van der Waals surface area contributed by atoms with E-state index in [1.165, 1.54) is 12.8 Å². The Hall–Kier alpha value is -1.84. The molecule has 0 spiro atoms. The van der Waals surface area contributed by atoms with Crippen LogP contribution < -0.4 is 5.73 Å². The minimum absolute atomic E-state index is 0.672. The molecule has 0 radical (unpaired) electrons. The van der Waals surface area contributed by atoms with Crippen LogP contribution in [0.15, 0.2) is 30.6 Å². The summed E-state index contributed by atoms with van der Waals surface area (Å²) in [6.07, 6.45) is 4.16. The minimum atomic E-state index is 0.672. The molecular formula is C14H20N4. The van der Waals surface area contributed by atoms with E-state index >= 15 is 0 Å². The third kappa shape index (κ3) is 2.88. The van der Waals surface area contributed by atoms with Crippen LogP contribution in [-0.4, -0.2) is 14.8 Å². The number of anilines is 1. The van der Waals surface area contributed by atoms with Crippen LogP contribution in [0.2, 0.25) is 0 Å². The predicted octanol–water partition coefficient (Wildman–Crippen LogP) is 2.96. The van der Waals surface area contributed by atoms with Crippen LogP contribution in [0.3, 0.4) is 0 Å². The van der Waals surface area contributed by atoms with E-state index in [1.54, 1.807) is 0 Å². The van der Waals surface area contributed by atoms with Gasteiger partial charge in [-0.05, 0) is 30.2 Å². The number of nitrogen functional groups attached to an aromatic ring is 1. The van der Waals surface area contributed by atoms with E-state index in [9.17, 15) is 0 Å². The molecular weight excluding hydrogens is 224 g/mol. The van der Waals surface area contributed by atoms with Crippen molar-refractivity contribution in [1.82, 2.24) is 14.8 Å². The summed E-state index contributed by atoms with van der Waals surface area (Å²) in [7, 11) is 0. The van der Waals surface area contributed by atoms with E-state index in [-0.39, 0.29) is 0 Å². The third-order valence-electron chi connectivity index (χ3n) is 3.31. The lowest BCUT2D eigenvalue weighted by atomic mass is 10.0. The fourth-order valence-electron chi connectivity index (χ4n) is 1.96. The average molecular weight is 244 g/mol. The minimum Gasteiger partial charge on any atom is -0.399 e. The molecule has 1 aromatic carbocycles. The molecule has 2 N–H and O–H groups in total. The van der Waals surface area contributed by atoms with E-state index < -0.39 is 0 Å². The van der Waals surface area contributed by atoms with E-state index in [0.29, 0.717) is 5.92 Å². The molecule has 0 unspecified atom stereocenters. The quantitative estimate of drug-likeness (QED) is 0.823. The Bertz CT molecular complexity index is 483. The van der Waals surface area contributed by atoms with Crippen LogP contribution in [0.5, 0.6) is 0 Å². The normalized spacial score (nSPS) is 11.1. The lowest BCUT2D eigenvalue weighted by Crippen LogP contribution is -2.09. The SMILES string of the molecule is CCC(CC)Cn1cnc(-c2ccc(N)cc2)n1. The maximum absolute atomic E-state index is 5.67. The van der Waals surface area contributed by atoms with Gasteiger partial charge in [-0.1, -0.05) is 26.7 Å². The smallest absolute Gasteiger partial charge is 0.181 e. The molecule has 1 heterocycles. The number of hydrogen-bond donors (Lipinski definition) is 1. The molecule has 2 rings (SSSR count). The summed E-state index contributed by atoms with van der Waals surface area (Å²) in [5.74, 6) is 1.44. The highest BCUT2D eigenvalue weighted by atomic mass is 15.3. The first-order chi connectivity index (χ1) is 8.72. The number of benzene rings is 1. The molecule has 4 nitrogen and oxygen atoms in total. The largest absolute Gasteiger partial charge is 0.399 e. The second-order valence-corrected chi connectivity index (χ2v) is 4.59. The molecule has 0 aliphatic carbocycles. The zero-order valence-corrected chi connectivity index (χ0v) is 11.0. The van der Waals surface area contributed by atoms with Crippen LogP contribution in [0.25, 0.3) is 11.4 Å². The van der Waals surface area contributed by atoms with Gasteiger partial charge in [0.05, 0.1) is 0 Å². The highest BCUT2D eigenvalue weighted by Crippen LogP contribution is 2.17. The Labute approximate surface area is 108 Å². The fraction of sp³-hybridized carbons (Fsp3) is 0.429. The predicted molar refractivity (Wildman–Crippen MR) is 73.9 cm³/mol. The highest BCUT2D eigenvalue weighted by molar-refractivity contribution is 5.57. The van der Waals surface area contributed by atoms with Gasteiger partial charge in [-0.3, -0.25) is 4.68 Å². The monoisotopic (exact) mass is 244 g/mol. The summed E-state index contributed by atoms with van der Waals surface area (Å²) in [4.78, 5) is 4.35. The van der Waals surface area contributed by atoms with Crippen molar-refractivity contribution in [2.45, 2.75) is 33.2 Å². The van der Waals surface area contributed by atoms with Crippen molar-refractivity contribution in [2.75, 3.05) is 5.73 Å². The van der Waals surface area contributed by atoms with Gasteiger partial charge in [0, 0.05) is 17.8 Å². The maximum Gasteiger partial charge on any atom is 0.181 e. The van der Waals surface area contributed by atoms with Crippen molar-refractivity contribution in [3.63, 3.8) is 0 Å². The molecule has 0 fully saturated rings. The summed E-state index contributed by atoms with van der Waals surface area (Å²) >= 11 is 0. The number of nitrogens with zero attached hydrogens (tertiary/aromatic N) is 3. The number of hydrogen-bond acceptors (Lipinski definition) is 3. The van der Waals surface area contributed by atoms with Gasteiger partial charge in [-0.2, -0.15) is 5.10 Å². The lowest BCUT2D eigenvalue weighted by Gasteiger charge is -2.10. The molecule has 18 heavy (non-hydrogen) atoms. The van der Waals surface area contributed by atoms with Crippen LogP contribution >= 0.6 is 0 Å². The molecule has 0 aliphatic heterocycles. The highest BCUT2D eigenvalue weighted by Gasteiger charge is 2.08. The lowest BCUT2D eigenvalue weighted by molar-refractivity contribution is 0.396. The summed E-state index contributed by atoms with van der Waals surface area (Å²) < 4.78 is 1.93. The van der Waals surface area contributed by atoms with Gasteiger partial charge in [-0.15, -0.1) is 0 Å². The van der Waals surface area contributed by atoms with Crippen molar-refractivity contribution in [3.05, 3.63) is 30.6 Å². The number of rotatable bonds is 5. The van der Waals surface area contributed by atoms with E-state index in [4.69, 9.17) is 5.73 Å². The molecule has 0 atom stereocenters. The topological polar surface area (TPSA) is 56.7 Å². The number of aromatic nitrogens is 3. The standard InChI is InChI=1S/C14H20N4/c1-3-11(4-2)9-18-10-16-14(17-18)12-5-7-13(15)8-6-12/h5-8,10-11H,3-4,9,15H2,1-2H3. The Morgan fingerprint density at radius 3 is 2.44 bits per heavy atom. The van der Waals surface area contributed by atoms with Gasteiger partial charge in [0.15, 0.2) is 5.82 Å². The zero-order valence-electron chi connectivity index (χ0n) is 11.0. The van der Waals surface area contributed by atoms with Gasteiger partial charge >= 0.3 is 0 Å². The Balaban J connectivity index is 2.12. The third-order valence-corrected chi connectivity index (χ3v) is 3.31. The van der Waals surface area contributed by atoms with Gasteiger partial charge in [0.25, 0.3) is 0 Å². The maximum atomic E-state index is 5.67. The summed E-state index contributed by atoms with van der Waals surface area (Å²) in [5.41, 5.74) is 7.43. The van der Waals surface area contributed by atoms with Crippen LogP contribution in [0.1, 0.15) is 26.7 Å². The van der Waals surface area contributed by atoms with Crippen molar-refractivity contribution >= 4 is 5.69 Å². The van der Waals surface area contributed by atoms with Crippen LogP contribution in [0.4, 0.5) is 5.69 Å². The van der Waals surface area contributed by atoms with Crippen LogP contribution in [0, 0.1) is 5.92 Å². The Kier molecular flexibility index (Phi) is 3.97. The first kappa shape index (κ1) is 12.6. The first-order valence-electron chi connectivity index (χ1n) is 6.48. The molecule has 2 aromatic rings. The Morgan fingerprint density at radius 2 is 1.83 bits per heavy atom. The average Bonchev–Trinajstić information content (AvgIpc) is 2.85. The van der Waals surface area contributed by atoms with E-state index in [1.807, 2.05) is 35.3 Å². The Morgan fingerprint density at radius 1 is 1.17 bits per heavy atom. The molecule has 4 heteroatoms. The van der Waals surface area contributed by atoms with E-state index in [0.717, 1.165) is 23.6 Å². The van der Waals surface area contributed by atoms with Gasteiger partial charge in [-0.25, -0.2) is 4.98 Å². The summed E-state index contributed by atoms with van der Waals surface area (Å²) in [5, 5.41) is 4.51. The molecule has 96 valence electrons. The van der Waals surface area contributed by atoms with Gasteiger partial charge in [0.1, 0.15) is 6.33 Å². The van der Waals surface area contributed by atoms with Crippen molar-refractivity contribution in [3.8, 4) is 11.4 Å². The molecule has 0 aliphatic rings. The fourth-order valence-corrected chi connectivity index (χ4v) is 1.96. The summed E-state index contributed by atoms with van der Waals surface area (Å²) in [6.45, 7) is 5.37. The van der Waals surface area contributed by atoms with Gasteiger partial charge in [0.2, 0.25) is 0 Å². The second kappa shape index (κ2) is 5.67. The van der Waals surface area contributed by atoms with E-state index in [2.05, 4.69) is 23.9 Å². The van der Waals surface area contributed by atoms with Gasteiger partial charge < -0.3 is 5.73 Å². The molecule has 1 aromatic heterocycles. The first-order valence-corrected chi connectivity index (χ1v) is 6.48. The van der Waals surface area contributed by atoms with Crippen molar-refractivity contribution in [2.24, 2.45) is 5.92 Å². The van der Waals surface area contributed by atoms with Crippen molar-refractivity contribution < 1.29 is 0 Å². The molecule has 0 bridgehead atoms. The molecule has 0 saturated heterocycles. The number of nitrogens with two attached hydrogens (primary N) is 1. The second-order valence-electron chi connectivity index (χ2n) is 4.59. The molecule has 0 amide bonds. The van der Waals surface area contributed by atoms with Crippen LogP contribution in [-0.2, 0) is 6.54 Å². The van der Waals surface area contributed by atoms with Crippen molar-refractivity contribution in [1.29, 1.82) is 0 Å². The zero-order chi connectivity index (χ0) is 13.0. The summed E-state index contributed by atoms with van der Waals surface area (Å²) in [6, 6.07) is 7.64.